The van der Waals surface area contributed by atoms with Crippen LogP contribution >= 0.6 is 0 Å². The SMILES string of the molecule is COC(=O)[C@@H]1C(c2c(C)cc(C)cc2C)=NO[C@@H]1C(=O)OC. The highest BCUT2D eigenvalue weighted by molar-refractivity contribution is 6.16. The lowest BCUT2D eigenvalue weighted by Gasteiger charge is -2.17. The van der Waals surface area contributed by atoms with Gasteiger partial charge in [0.2, 0.25) is 6.10 Å². The Morgan fingerprint density at radius 3 is 2.09 bits per heavy atom. The average Bonchev–Trinajstić information content (AvgIpc) is 2.89. The highest BCUT2D eigenvalue weighted by Crippen LogP contribution is 2.29. The summed E-state index contributed by atoms with van der Waals surface area (Å²) in [5, 5.41) is 3.97. The second kappa shape index (κ2) is 6.17. The number of ether oxygens (including phenoxy) is 2. The van der Waals surface area contributed by atoms with Gasteiger partial charge in [0, 0.05) is 5.56 Å². The summed E-state index contributed by atoms with van der Waals surface area (Å²) >= 11 is 0. The largest absolute Gasteiger partial charge is 0.468 e. The molecular weight excluding hydrogens is 286 g/mol. The molecule has 1 aliphatic rings. The molecule has 0 aromatic heterocycles. The van der Waals surface area contributed by atoms with E-state index in [1.54, 1.807) is 0 Å². The maximum atomic E-state index is 12.1. The predicted molar refractivity (Wildman–Crippen MR) is 79.6 cm³/mol. The number of benzene rings is 1. The molecule has 0 spiro atoms. The second-order valence-corrected chi connectivity index (χ2v) is 5.30. The van der Waals surface area contributed by atoms with Crippen molar-refractivity contribution >= 4 is 17.7 Å². The number of aryl methyl sites for hydroxylation is 3. The van der Waals surface area contributed by atoms with Crippen LogP contribution in [0, 0.1) is 26.7 Å². The van der Waals surface area contributed by atoms with Gasteiger partial charge in [-0.1, -0.05) is 22.9 Å². The lowest BCUT2D eigenvalue weighted by molar-refractivity contribution is -0.161. The van der Waals surface area contributed by atoms with Crippen LogP contribution in [0.1, 0.15) is 22.3 Å². The average molecular weight is 305 g/mol. The standard InChI is InChI=1S/C16H19NO5/c1-8-6-9(2)11(10(3)7-8)13-12(15(18)20-4)14(22-17-13)16(19)21-5/h6-7,12,14H,1-5H3/t12-,14+/m1/s1. The predicted octanol–water partition coefficient (Wildman–Crippen LogP) is 1.68. The van der Waals surface area contributed by atoms with Gasteiger partial charge in [-0.3, -0.25) is 4.79 Å². The Morgan fingerprint density at radius 2 is 1.59 bits per heavy atom. The topological polar surface area (TPSA) is 74.2 Å². The van der Waals surface area contributed by atoms with Gasteiger partial charge in [-0.25, -0.2) is 4.79 Å². The zero-order valence-corrected chi connectivity index (χ0v) is 13.3. The van der Waals surface area contributed by atoms with E-state index in [0.29, 0.717) is 5.71 Å². The minimum absolute atomic E-state index is 0.400. The van der Waals surface area contributed by atoms with Crippen molar-refractivity contribution in [1.29, 1.82) is 0 Å². The van der Waals surface area contributed by atoms with Gasteiger partial charge < -0.3 is 14.3 Å². The molecule has 2 atom stereocenters. The number of methoxy groups -OCH3 is 2. The van der Waals surface area contributed by atoms with Crippen LogP contribution in [0.3, 0.4) is 0 Å². The summed E-state index contributed by atoms with van der Waals surface area (Å²) in [6.45, 7) is 5.85. The molecule has 0 aliphatic carbocycles. The second-order valence-electron chi connectivity index (χ2n) is 5.30. The maximum absolute atomic E-state index is 12.1. The van der Waals surface area contributed by atoms with E-state index in [2.05, 4.69) is 9.89 Å². The summed E-state index contributed by atoms with van der Waals surface area (Å²) in [7, 11) is 2.50. The highest BCUT2D eigenvalue weighted by atomic mass is 16.7. The van der Waals surface area contributed by atoms with Crippen LogP contribution in [0.4, 0.5) is 0 Å². The van der Waals surface area contributed by atoms with Crippen molar-refractivity contribution < 1.29 is 23.9 Å². The summed E-state index contributed by atoms with van der Waals surface area (Å²) in [5.74, 6) is -2.17. The fourth-order valence-corrected chi connectivity index (χ4v) is 2.82. The van der Waals surface area contributed by atoms with Gasteiger partial charge in [0.15, 0.2) is 5.92 Å². The van der Waals surface area contributed by atoms with Gasteiger partial charge in [-0.2, -0.15) is 0 Å². The quantitative estimate of drug-likeness (QED) is 0.794. The summed E-state index contributed by atoms with van der Waals surface area (Å²) in [4.78, 5) is 29.1. The molecule has 0 N–H and O–H groups in total. The molecule has 0 saturated heterocycles. The van der Waals surface area contributed by atoms with E-state index >= 15 is 0 Å². The smallest absolute Gasteiger partial charge is 0.351 e. The van der Waals surface area contributed by atoms with Crippen molar-refractivity contribution in [3.8, 4) is 0 Å². The Hall–Kier alpha value is -2.37. The number of esters is 2. The minimum atomic E-state index is -1.12. The molecule has 0 saturated carbocycles. The number of hydrogen-bond donors (Lipinski definition) is 0. The van der Waals surface area contributed by atoms with Crippen molar-refractivity contribution in [2.75, 3.05) is 14.2 Å². The molecule has 1 aliphatic heterocycles. The van der Waals surface area contributed by atoms with Crippen LogP contribution in [0.25, 0.3) is 0 Å². The number of carbonyl (C=O) groups is 2. The first-order valence-corrected chi connectivity index (χ1v) is 6.88. The third kappa shape index (κ3) is 2.68. The first-order valence-electron chi connectivity index (χ1n) is 6.88. The third-order valence-corrected chi connectivity index (χ3v) is 3.68. The fourth-order valence-electron chi connectivity index (χ4n) is 2.82. The molecule has 0 radical (unpaired) electrons. The molecule has 22 heavy (non-hydrogen) atoms. The van der Waals surface area contributed by atoms with Crippen molar-refractivity contribution in [3.05, 3.63) is 34.4 Å². The van der Waals surface area contributed by atoms with Crippen LogP contribution < -0.4 is 0 Å². The Bertz CT molecular complexity index is 627. The lowest BCUT2D eigenvalue weighted by atomic mass is 9.87. The minimum Gasteiger partial charge on any atom is -0.468 e. The van der Waals surface area contributed by atoms with Gasteiger partial charge in [0.1, 0.15) is 5.71 Å². The van der Waals surface area contributed by atoms with Crippen molar-refractivity contribution in [2.45, 2.75) is 26.9 Å². The number of nitrogens with zero attached hydrogens (tertiary/aromatic N) is 1. The van der Waals surface area contributed by atoms with E-state index in [9.17, 15) is 9.59 Å². The summed E-state index contributed by atoms with van der Waals surface area (Å²) in [6, 6.07) is 3.98. The van der Waals surface area contributed by atoms with E-state index < -0.39 is 24.0 Å². The van der Waals surface area contributed by atoms with Gasteiger partial charge in [0.25, 0.3) is 0 Å². The molecule has 118 valence electrons. The number of carbonyl (C=O) groups excluding carboxylic acids is 2. The molecular formula is C16H19NO5. The molecule has 1 aromatic rings. The Morgan fingerprint density at radius 1 is 1.05 bits per heavy atom. The van der Waals surface area contributed by atoms with Crippen LogP contribution in [-0.2, 0) is 23.9 Å². The lowest BCUT2D eigenvalue weighted by Crippen LogP contribution is -2.38. The van der Waals surface area contributed by atoms with Gasteiger partial charge in [-0.15, -0.1) is 0 Å². The van der Waals surface area contributed by atoms with E-state index in [1.807, 2.05) is 32.9 Å². The zero-order chi connectivity index (χ0) is 16.4. The number of oxime groups is 1. The van der Waals surface area contributed by atoms with Gasteiger partial charge in [-0.05, 0) is 31.9 Å². The van der Waals surface area contributed by atoms with Crippen molar-refractivity contribution in [2.24, 2.45) is 11.1 Å². The van der Waals surface area contributed by atoms with Crippen LogP contribution in [0.15, 0.2) is 17.3 Å². The Labute approximate surface area is 129 Å². The van der Waals surface area contributed by atoms with Gasteiger partial charge >= 0.3 is 11.9 Å². The van der Waals surface area contributed by atoms with E-state index in [-0.39, 0.29) is 0 Å². The molecule has 6 nitrogen and oxygen atoms in total. The molecule has 6 heteroatoms. The van der Waals surface area contributed by atoms with Crippen LogP contribution in [0.2, 0.25) is 0 Å². The molecule has 1 heterocycles. The van der Waals surface area contributed by atoms with Crippen molar-refractivity contribution in [1.82, 2.24) is 0 Å². The molecule has 0 bridgehead atoms. The van der Waals surface area contributed by atoms with E-state index in [0.717, 1.165) is 22.3 Å². The zero-order valence-electron chi connectivity index (χ0n) is 13.3. The first-order chi connectivity index (χ1) is 10.4. The normalized spacial score (nSPS) is 20.1. The van der Waals surface area contributed by atoms with Crippen molar-refractivity contribution in [3.63, 3.8) is 0 Å². The fraction of sp³-hybridized carbons (Fsp3) is 0.438. The Kier molecular flexibility index (Phi) is 4.49. The Balaban J connectivity index is 2.50. The number of hydrogen-bond acceptors (Lipinski definition) is 6. The molecule has 1 aromatic carbocycles. The van der Waals surface area contributed by atoms with E-state index in [4.69, 9.17) is 9.57 Å². The number of rotatable bonds is 3. The third-order valence-electron chi connectivity index (χ3n) is 3.68. The van der Waals surface area contributed by atoms with Crippen LogP contribution in [0.5, 0.6) is 0 Å². The van der Waals surface area contributed by atoms with Crippen LogP contribution in [-0.4, -0.2) is 38.0 Å². The monoisotopic (exact) mass is 305 g/mol. The maximum Gasteiger partial charge on any atom is 0.351 e. The highest BCUT2D eigenvalue weighted by Gasteiger charge is 2.47. The summed E-state index contributed by atoms with van der Waals surface area (Å²) < 4.78 is 9.48. The van der Waals surface area contributed by atoms with Gasteiger partial charge in [0.05, 0.1) is 14.2 Å². The molecule has 0 amide bonds. The first kappa shape index (κ1) is 16.0. The molecule has 2 rings (SSSR count). The molecule has 0 unspecified atom stereocenters. The molecule has 0 fully saturated rings. The van der Waals surface area contributed by atoms with E-state index in [1.165, 1.54) is 14.2 Å². The summed E-state index contributed by atoms with van der Waals surface area (Å²) in [6.07, 6.45) is -1.12. The summed E-state index contributed by atoms with van der Waals surface area (Å²) in [5.41, 5.74) is 4.22.